The number of nitrogens with one attached hydrogen (secondary N) is 3. The standard InChI is InChI=1S/C19H37N7O5S2/c1-10(2)14(17(29)25-13(18(30)31)5-4-7-23-19(21)22)26-16(28)12(6-8-33-3)24-15(27)11(20)9-32/h10-14,32H,4-9,20H2,1-3H3,(H,24,27)(H,25,29)(H,26,28)(H,30,31)(H4,21,22,23). The monoisotopic (exact) mass is 507 g/mol. The Hall–Kier alpha value is -2.19. The lowest BCUT2D eigenvalue weighted by molar-refractivity contribution is -0.142. The molecule has 0 fully saturated rings. The molecule has 0 saturated heterocycles. The molecule has 0 aliphatic carbocycles. The lowest BCUT2D eigenvalue weighted by Gasteiger charge is -2.27. The first-order valence-electron chi connectivity index (χ1n) is 10.5. The maximum absolute atomic E-state index is 12.9. The Kier molecular flexibility index (Phi) is 15.3. The van der Waals surface area contributed by atoms with E-state index in [9.17, 15) is 24.3 Å². The second kappa shape index (κ2) is 16.4. The maximum Gasteiger partial charge on any atom is 0.326 e. The summed E-state index contributed by atoms with van der Waals surface area (Å²) in [5.41, 5.74) is 16.2. The Morgan fingerprint density at radius 1 is 1.00 bits per heavy atom. The summed E-state index contributed by atoms with van der Waals surface area (Å²) in [6.07, 6.45) is 2.62. The third kappa shape index (κ3) is 12.6. The van der Waals surface area contributed by atoms with Crippen molar-refractivity contribution in [2.45, 2.75) is 57.3 Å². The van der Waals surface area contributed by atoms with Gasteiger partial charge < -0.3 is 38.3 Å². The fourth-order valence-electron chi connectivity index (χ4n) is 2.68. The van der Waals surface area contributed by atoms with E-state index in [1.807, 2.05) is 6.26 Å². The quantitative estimate of drug-likeness (QED) is 0.0513. The van der Waals surface area contributed by atoms with Crippen molar-refractivity contribution < 1.29 is 24.3 Å². The highest BCUT2D eigenvalue weighted by atomic mass is 32.2. The first kappa shape index (κ1) is 30.8. The summed E-state index contributed by atoms with van der Waals surface area (Å²) >= 11 is 5.48. The van der Waals surface area contributed by atoms with Gasteiger partial charge in [-0.05, 0) is 37.2 Å². The van der Waals surface area contributed by atoms with Gasteiger partial charge in [-0.15, -0.1) is 0 Å². The number of thioether (sulfide) groups is 1. The molecule has 14 heteroatoms. The smallest absolute Gasteiger partial charge is 0.326 e. The largest absolute Gasteiger partial charge is 0.480 e. The molecule has 12 nitrogen and oxygen atoms in total. The number of nitrogens with two attached hydrogens (primary N) is 3. The lowest BCUT2D eigenvalue weighted by atomic mass is 10.0. The zero-order valence-electron chi connectivity index (χ0n) is 19.2. The molecule has 0 radical (unpaired) electrons. The van der Waals surface area contributed by atoms with Crippen LogP contribution in [0.1, 0.15) is 33.1 Å². The summed E-state index contributed by atoms with van der Waals surface area (Å²) in [7, 11) is 0. The van der Waals surface area contributed by atoms with Gasteiger partial charge >= 0.3 is 5.97 Å². The second-order valence-corrected chi connectivity index (χ2v) is 9.06. The molecular weight excluding hydrogens is 470 g/mol. The highest BCUT2D eigenvalue weighted by Gasteiger charge is 2.31. The van der Waals surface area contributed by atoms with Gasteiger partial charge in [0.05, 0.1) is 6.04 Å². The molecule has 4 atom stereocenters. The Morgan fingerprint density at radius 3 is 2.09 bits per heavy atom. The number of carboxylic acids is 1. The summed E-state index contributed by atoms with van der Waals surface area (Å²) < 4.78 is 0. The number of nitrogens with zero attached hydrogens (tertiary/aromatic N) is 1. The third-order valence-corrected chi connectivity index (χ3v) is 5.62. The highest BCUT2D eigenvalue weighted by Crippen LogP contribution is 2.08. The van der Waals surface area contributed by atoms with E-state index in [1.54, 1.807) is 13.8 Å². The number of aliphatic imine (C=N–C) groups is 1. The first-order chi connectivity index (χ1) is 15.4. The van der Waals surface area contributed by atoms with Gasteiger partial charge in [0, 0.05) is 12.3 Å². The molecule has 0 aromatic rings. The Bertz CT molecular complexity index is 689. The average Bonchev–Trinajstić information content (AvgIpc) is 2.75. The van der Waals surface area contributed by atoms with Crippen molar-refractivity contribution in [3.05, 3.63) is 0 Å². The number of guanidine groups is 1. The second-order valence-electron chi connectivity index (χ2n) is 7.71. The molecule has 0 aliphatic heterocycles. The van der Waals surface area contributed by atoms with Gasteiger partial charge in [0.15, 0.2) is 5.96 Å². The van der Waals surface area contributed by atoms with Crippen LogP contribution in [0.2, 0.25) is 0 Å². The van der Waals surface area contributed by atoms with Crippen LogP contribution in [0.5, 0.6) is 0 Å². The molecule has 0 rings (SSSR count). The van der Waals surface area contributed by atoms with E-state index in [1.165, 1.54) is 11.8 Å². The van der Waals surface area contributed by atoms with Gasteiger partial charge in [-0.3, -0.25) is 19.4 Å². The zero-order chi connectivity index (χ0) is 25.6. The molecule has 0 saturated carbocycles. The minimum atomic E-state index is -1.22. The molecule has 0 heterocycles. The molecule has 4 unspecified atom stereocenters. The van der Waals surface area contributed by atoms with Crippen molar-refractivity contribution >= 4 is 54.0 Å². The van der Waals surface area contributed by atoms with E-state index >= 15 is 0 Å². The number of thiol groups is 1. The molecule has 33 heavy (non-hydrogen) atoms. The molecule has 0 aliphatic rings. The van der Waals surface area contributed by atoms with Crippen LogP contribution in [0.15, 0.2) is 4.99 Å². The molecular formula is C19H37N7O5S2. The number of rotatable bonds is 16. The topological polar surface area (TPSA) is 215 Å². The number of amides is 3. The van der Waals surface area contributed by atoms with Gasteiger partial charge in [-0.25, -0.2) is 4.79 Å². The van der Waals surface area contributed by atoms with Crippen molar-refractivity contribution in [1.82, 2.24) is 16.0 Å². The predicted octanol–water partition coefficient (Wildman–Crippen LogP) is -1.75. The van der Waals surface area contributed by atoms with E-state index in [0.29, 0.717) is 18.6 Å². The summed E-state index contributed by atoms with van der Waals surface area (Å²) in [6, 6.07) is -3.97. The van der Waals surface area contributed by atoms with E-state index in [0.717, 1.165) is 0 Å². The van der Waals surface area contributed by atoms with Gasteiger partial charge in [-0.2, -0.15) is 24.4 Å². The number of carboxylic acid groups (broad SMARTS) is 1. The van der Waals surface area contributed by atoms with E-state index in [-0.39, 0.29) is 30.6 Å². The Balaban J connectivity index is 5.27. The summed E-state index contributed by atoms with van der Waals surface area (Å²) in [5.74, 6) is -2.69. The van der Waals surface area contributed by atoms with Crippen molar-refractivity contribution in [3.8, 4) is 0 Å². The maximum atomic E-state index is 12.9. The van der Waals surface area contributed by atoms with Crippen LogP contribution in [-0.4, -0.2) is 83.2 Å². The van der Waals surface area contributed by atoms with Gasteiger partial charge in [0.2, 0.25) is 17.7 Å². The van der Waals surface area contributed by atoms with Crippen LogP contribution in [0.3, 0.4) is 0 Å². The minimum absolute atomic E-state index is 0.102. The fourth-order valence-corrected chi connectivity index (χ4v) is 3.31. The molecule has 0 bridgehead atoms. The Morgan fingerprint density at radius 2 is 1.61 bits per heavy atom. The van der Waals surface area contributed by atoms with Crippen molar-refractivity contribution in [2.75, 3.05) is 24.3 Å². The molecule has 0 aromatic carbocycles. The number of hydrogen-bond acceptors (Lipinski definition) is 8. The van der Waals surface area contributed by atoms with Crippen LogP contribution in [-0.2, 0) is 19.2 Å². The summed E-state index contributed by atoms with van der Waals surface area (Å²) in [4.78, 5) is 53.2. The van der Waals surface area contributed by atoms with Crippen LogP contribution >= 0.6 is 24.4 Å². The van der Waals surface area contributed by atoms with Crippen molar-refractivity contribution in [3.63, 3.8) is 0 Å². The van der Waals surface area contributed by atoms with E-state index < -0.39 is 47.9 Å². The molecule has 0 spiro atoms. The molecule has 3 amide bonds. The van der Waals surface area contributed by atoms with Gasteiger partial charge in [0.1, 0.15) is 18.1 Å². The van der Waals surface area contributed by atoms with Crippen LogP contribution in [0.25, 0.3) is 0 Å². The number of hydrogen-bond donors (Lipinski definition) is 8. The van der Waals surface area contributed by atoms with Crippen molar-refractivity contribution in [1.29, 1.82) is 0 Å². The Labute approximate surface area is 204 Å². The molecule has 0 aromatic heterocycles. The summed E-state index contributed by atoms with van der Waals surface area (Å²) in [6.45, 7) is 3.65. The lowest BCUT2D eigenvalue weighted by Crippen LogP contribution is -2.58. The summed E-state index contributed by atoms with van der Waals surface area (Å²) in [5, 5.41) is 17.1. The SMILES string of the molecule is CSCCC(NC(=O)C(N)CS)C(=O)NC(C(=O)NC(CCCN=C(N)N)C(=O)O)C(C)C. The van der Waals surface area contributed by atoms with Crippen LogP contribution in [0.4, 0.5) is 0 Å². The number of carbonyl (C=O) groups is 4. The van der Waals surface area contributed by atoms with Crippen LogP contribution in [0, 0.1) is 5.92 Å². The van der Waals surface area contributed by atoms with E-state index in [2.05, 4.69) is 33.6 Å². The minimum Gasteiger partial charge on any atom is -0.480 e. The number of carbonyl (C=O) groups excluding carboxylic acids is 3. The highest BCUT2D eigenvalue weighted by molar-refractivity contribution is 7.98. The number of aliphatic carboxylic acids is 1. The zero-order valence-corrected chi connectivity index (χ0v) is 21.0. The molecule has 190 valence electrons. The van der Waals surface area contributed by atoms with Gasteiger partial charge in [0.25, 0.3) is 0 Å². The van der Waals surface area contributed by atoms with E-state index in [4.69, 9.17) is 17.2 Å². The first-order valence-corrected chi connectivity index (χ1v) is 12.5. The normalized spacial score (nSPS) is 14.5. The van der Waals surface area contributed by atoms with Crippen molar-refractivity contribution in [2.24, 2.45) is 28.1 Å². The average molecular weight is 508 g/mol. The van der Waals surface area contributed by atoms with Crippen LogP contribution < -0.4 is 33.2 Å². The predicted molar refractivity (Wildman–Crippen MR) is 133 cm³/mol. The molecule has 10 N–H and O–H groups in total. The fraction of sp³-hybridized carbons (Fsp3) is 0.737. The third-order valence-electron chi connectivity index (χ3n) is 4.58. The van der Waals surface area contributed by atoms with Gasteiger partial charge in [-0.1, -0.05) is 13.8 Å².